The summed E-state index contributed by atoms with van der Waals surface area (Å²) in [6, 6.07) is 7.29. The zero-order chi connectivity index (χ0) is 12.4. The topological polar surface area (TPSA) is 15.3 Å². The zero-order valence-electron chi connectivity index (χ0n) is 10.8. The fourth-order valence-electron chi connectivity index (χ4n) is 2.40. The van der Waals surface area contributed by atoms with Crippen LogP contribution in [0.3, 0.4) is 0 Å². The summed E-state index contributed by atoms with van der Waals surface area (Å²) < 4.78 is 0. The molecule has 1 heterocycles. The van der Waals surface area contributed by atoms with Gasteiger partial charge < -0.3 is 10.2 Å². The van der Waals surface area contributed by atoms with Gasteiger partial charge in [0.1, 0.15) is 0 Å². The molecule has 1 aliphatic heterocycles. The Bertz CT molecular complexity index is 392. The Labute approximate surface area is 109 Å². The van der Waals surface area contributed by atoms with Crippen LogP contribution in [0.1, 0.15) is 25.3 Å². The van der Waals surface area contributed by atoms with E-state index in [1.54, 1.807) is 0 Å². The number of nitrogens with zero attached hydrogens (tertiary/aromatic N) is 1. The Morgan fingerprint density at radius 2 is 2.18 bits per heavy atom. The largest absolute Gasteiger partial charge is 0.382 e. The lowest BCUT2D eigenvalue weighted by Gasteiger charge is -2.36. The first-order valence-electron chi connectivity index (χ1n) is 6.30. The molecule has 0 aliphatic carbocycles. The van der Waals surface area contributed by atoms with Crippen molar-refractivity contribution in [3.8, 4) is 0 Å². The molecule has 2 rings (SSSR count). The minimum absolute atomic E-state index is 0.568. The number of anilines is 1. The summed E-state index contributed by atoms with van der Waals surface area (Å²) in [5.41, 5.74) is 2.33. The summed E-state index contributed by atoms with van der Waals surface area (Å²) in [6.45, 7) is 5.53. The van der Waals surface area contributed by atoms with Crippen LogP contribution >= 0.6 is 11.6 Å². The van der Waals surface area contributed by atoms with Crippen molar-refractivity contribution >= 4 is 17.3 Å². The molecule has 1 aromatic rings. The van der Waals surface area contributed by atoms with Crippen LogP contribution in [0, 0.1) is 6.92 Å². The summed E-state index contributed by atoms with van der Waals surface area (Å²) in [5, 5.41) is 4.47. The van der Waals surface area contributed by atoms with Crippen molar-refractivity contribution in [1.82, 2.24) is 4.90 Å². The van der Waals surface area contributed by atoms with Gasteiger partial charge in [-0.2, -0.15) is 0 Å². The predicted molar refractivity (Wildman–Crippen MR) is 74.9 cm³/mol. The SMILES string of the molecule is Cc1c(Cl)cccc1NC1CCN(C)C(C)C1. The molecule has 17 heavy (non-hydrogen) atoms. The third kappa shape index (κ3) is 2.93. The molecule has 0 spiro atoms. The molecule has 1 fully saturated rings. The Morgan fingerprint density at radius 3 is 2.88 bits per heavy atom. The van der Waals surface area contributed by atoms with E-state index in [0.29, 0.717) is 12.1 Å². The average molecular weight is 253 g/mol. The highest BCUT2D eigenvalue weighted by atomic mass is 35.5. The highest BCUT2D eigenvalue weighted by Gasteiger charge is 2.22. The molecule has 2 unspecified atom stereocenters. The lowest BCUT2D eigenvalue weighted by Crippen LogP contribution is -2.42. The molecule has 0 saturated carbocycles. The van der Waals surface area contributed by atoms with Gasteiger partial charge in [-0.3, -0.25) is 0 Å². The van der Waals surface area contributed by atoms with Crippen molar-refractivity contribution < 1.29 is 0 Å². The fraction of sp³-hybridized carbons (Fsp3) is 0.571. The van der Waals surface area contributed by atoms with Crippen LogP contribution in [0.15, 0.2) is 18.2 Å². The summed E-state index contributed by atoms with van der Waals surface area (Å²) in [6.07, 6.45) is 2.40. The lowest BCUT2D eigenvalue weighted by molar-refractivity contribution is 0.190. The highest BCUT2D eigenvalue weighted by molar-refractivity contribution is 6.31. The quantitative estimate of drug-likeness (QED) is 0.866. The second-order valence-corrected chi connectivity index (χ2v) is 5.51. The van der Waals surface area contributed by atoms with E-state index in [1.807, 2.05) is 12.1 Å². The molecule has 0 aromatic heterocycles. The maximum absolute atomic E-state index is 6.14. The van der Waals surface area contributed by atoms with Gasteiger partial charge in [0, 0.05) is 29.3 Å². The van der Waals surface area contributed by atoms with Crippen LogP contribution in [0.5, 0.6) is 0 Å². The van der Waals surface area contributed by atoms with Crippen LogP contribution in [0.25, 0.3) is 0 Å². The maximum Gasteiger partial charge on any atom is 0.0455 e. The van der Waals surface area contributed by atoms with E-state index in [9.17, 15) is 0 Å². The van der Waals surface area contributed by atoms with Gasteiger partial charge >= 0.3 is 0 Å². The van der Waals surface area contributed by atoms with E-state index in [2.05, 4.69) is 37.2 Å². The Kier molecular flexibility index (Phi) is 3.95. The molecule has 2 atom stereocenters. The smallest absolute Gasteiger partial charge is 0.0455 e. The third-order valence-electron chi connectivity index (χ3n) is 3.84. The fourth-order valence-corrected chi connectivity index (χ4v) is 2.58. The van der Waals surface area contributed by atoms with Crippen molar-refractivity contribution in [2.45, 2.75) is 38.8 Å². The number of benzene rings is 1. The molecule has 0 bridgehead atoms. The van der Waals surface area contributed by atoms with E-state index in [1.165, 1.54) is 25.1 Å². The van der Waals surface area contributed by atoms with Gasteiger partial charge in [0.25, 0.3) is 0 Å². The van der Waals surface area contributed by atoms with Gasteiger partial charge in [-0.15, -0.1) is 0 Å². The number of likely N-dealkylation sites (tertiary alicyclic amines) is 1. The summed E-state index contributed by atoms with van der Waals surface area (Å²) in [4.78, 5) is 2.42. The zero-order valence-corrected chi connectivity index (χ0v) is 11.6. The molecule has 1 aromatic carbocycles. The van der Waals surface area contributed by atoms with E-state index in [-0.39, 0.29) is 0 Å². The first-order valence-corrected chi connectivity index (χ1v) is 6.67. The average Bonchev–Trinajstić information content (AvgIpc) is 2.30. The minimum atomic E-state index is 0.568. The van der Waals surface area contributed by atoms with E-state index in [0.717, 1.165) is 10.6 Å². The molecular weight excluding hydrogens is 232 g/mol. The first kappa shape index (κ1) is 12.7. The Hall–Kier alpha value is -0.730. The number of nitrogens with one attached hydrogen (secondary N) is 1. The van der Waals surface area contributed by atoms with Gasteiger partial charge in [0.15, 0.2) is 0 Å². The van der Waals surface area contributed by atoms with Crippen molar-refractivity contribution in [2.24, 2.45) is 0 Å². The number of halogens is 1. The molecule has 1 saturated heterocycles. The van der Waals surface area contributed by atoms with Crippen LogP contribution < -0.4 is 5.32 Å². The van der Waals surface area contributed by atoms with E-state index in [4.69, 9.17) is 11.6 Å². The second-order valence-electron chi connectivity index (χ2n) is 5.11. The second kappa shape index (κ2) is 5.28. The molecule has 1 aliphatic rings. The monoisotopic (exact) mass is 252 g/mol. The summed E-state index contributed by atoms with van der Waals surface area (Å²) >= 11 is 6.14. The van der Waals surface area contributed by atoms with Gasteiger partial charge in [0.2, 0.25) is 0 Å². The lowest BCUT2D eigenvalue weighted by atomic mass is 9.98. The van der Waals surface area contributed by atoms with Crippen LogP contribution in [-0.2, 0) is 0 Å². The van der Waals surface area contributed by atoms with Crippen molar-refractivity contribution in [3.05, 3.63) is 28.8 Å². The van der Waals surface area contributed by atoms with Crippen LogP contribution in [0.4, 0.5) is 5.69 Å². The number of hydrogen-bond acceptors (Lipinski definition) is 2. The van der Waals surface area contributed by atoms with Crippen molar-refractivity contribution in [1.29, 1.82) is 0 Å². The molecule has 3 heteroatoms. The molecule has 0 radical (unpaired) electrons. The number of hydrogen-bond donors (Lipinski definition) is 1. The summed E-state index contributed by atoms with van der Waals surface area (Å²) in [5.74, 6) is 0. The standard InChI is InChI=1S/C14H21ClN2/c1-10-9-12(7-8-17(10)3)16-14-6-4-5-13(15)11(14)2/h4-6,10,12,16H,7-9H2,1-3H3. The van der Waals surface area contributed by atoms with E-state index >= 15 is 0 Å². The number of rotatable bonds is 2. The van der Waals surface area contributed by atoms with Gasteiger partial charge in [-0.25, -0.2) is 0 Å². The molecular formula is C14H21ClN2. The molecule has 2 nitrogen and oxygen atoms in total. The number of piperidine rings is 1. The maximum atomic E-state index is 6.14. The van der Waals surface area contributed by atoms with Crippen LogP contribution in [0.2, 0.25) is 5.02 Å². The molecule has 94 valence electrons. The molecule has 1 N–H and O–H groups in total. The van der Waals surface area contributed by atoms with Gasteiger partial charge in [-0.1, -0.05) is 17.7 Å². The van der Waals surface area contributed by atoms with Gasteiger partial charge in [0.05, 0.1) is 0 Å². The first-order chi connectivity index (χ1) is 8.08. The highest BCUT2D eigenvalue weighted by Crippen LogP contribution is 2.26. The normalized spacial score (nSPS) is 25.9. The Balaban J connectivity index is 2.04. The van der Waals surface area contributed by atoms with Crippen LogP contribution in [-0.4, -0.2) is 30.6 Å². The minimum Gasteiger partial charge on any atom is -0.382 e. The Morgan fingerprint density at radius 1 is 1.41 bits per heavy atom. The summed E-state index contributed by atoms with van der Waals surface area (Å²) in [7, 11) is 2.20. The van der Waals surface area contributed by atoms with Crippen molar-refractivity contribution in [2.75, 3.05) is 18.9 Å². The van der Waals surface area contributed by atoms with Crippen molar-refractivity contribution in [3.63, 3.8) is 0 Å². The third-order valence-corrected chi connectivity index (χ3v) is 4.25. The van der Waals surface area contributed by atoms with E-state index < -0.39 is 0 Å². The van der Waals surface area contributed by atoms with Gasteiger partial charge in [-0.05, 0) is 51.4 Å². The molecule has 0 amide bonds. The predicted octanol–water partition coefficient (Wildman–Crippen LogP) is 3.54.